The van der Waals surface area contributed by atoms with Crippen LogP contribution >= 0.6 is 22.9 Å². The number of hydrogen-bond acceptors (Lipinski definition) is 6. The smallest absolute Gasteiger partial charge is 0.180 e. The van der Waals surface area contributed by atoms with E-state index < -0.39 is 0 Å². The second-order valence-electron chi connectivity index (χ2n) is 7.73. The zero-order valence-electron chi connectivity index (χ0n) is 16.4. The number of nitrogens with zero attached hydrogens (tertiary/aromatic N) is 5. The van der Waals surface area contributed by atoms with Crippen molar-refractivity contribution >= 4 is 28.8 Å². The summed E-state index contributed by atoms with van der Waals surface area (Å²) in [6.07, 6.45) is 6.52. The van der Waals surface area contributed by atoms with Gasteiger partial charge < -0.3 is 4.90 Å². The van der Waals surface area contributed by atoms with Crippen molar-refractivity contribution in [3.8, 4) is 11.5 Å². The molecule has 29 heavy (non-hydrogen) atoms. The molecule has 0 amide bonds. The molecular formula is C22H24ClN5S. The lowest BCUT2D eigenvalue weighted by Crippen LogP contribution is -2.36. The lowest BCUT2D eigenvalue weighted by atomic mass is 10.0. The molecule has 0 spiro atoms. The van der Waals surface area contributed by atoms with Crippen molar-refractivity contribution < 1.29 is 0 Å². The second-order valence-corrected chi connectivity index (χ2v) is 9.52. The van der Waals surface area contributed by atoms with Gasteiger partial charge in [-0.3, -0.25) is 9.88 Å². The van der Waals surface area contributed by atoms with E-state index in [4.69, 9.17) is 21.6 Å². The molecule has 2 aliphatic heterocycles. The molecule has 150 valence electrons. The quantitative estimate of drug-likeness (QED) is 0.600. The maximum atomic E-state index is 6.13. The molecule has 0 aromatic carbocycles. The summed E-state index contributed by atoms with van der Waals surface area (Å²) in [6.45, 7) is 4.97. The number of pyridine rings is 1. The first-order chi connectivity index (χ1) is 14.3. The number of thiophene rings is 1. The van der Waals surface area contributed by atoms with E-state index in [0.717, 1.165) is 60.8 Å². The van der Waals surface area contributed by atoms with E-state index in [1.807, 2.05) is 30.5 Å². The van der Waals surface area contributed by atoms with Gasteiger partial charge in [-0.05, 0) is 43.5 Å². The van der Waals surface area contributed by atoms with E-state index in [1.54, 1.807) is 11.3 Å². The van der Waals surface area contributed by atoms with Crippen molar-refractivity contribution in [3.63, 3.8) is 0 Å². The summed E-state index contributed by atoms with van der Waals surface area (Å²) in [6, 6.07) is 10.1. The van der Waals surface area contributed by atoms with E-state index in [9.17, 15) is 0 Å². The zero-order chi connectivity index (χ0) is 19.6. The fourth-order valence-corrected chi connectivity index (χ4v) is 5.35. The van der Waals surface area contributed by atoms with Crippen LogP contribution in [0.5, 0.6) is 0 Å². The minimum atomic E-state index is 0.753. The Kier molecular flexibility index (Phi) is 5.48. The van der Waals surface area contributed by atoms with Crippen molar-refractivity contribution in [1.29, 1.82) is 0 Å². The third kappa shape index (κ3) is 4.15. The number of halogens is 1. The molecule has 5 heterocycles. The molecule has 0 radical (unpaired) electrons. The Hall–Kier alpha value is -2.02. The average molecular weight is 426 g/mol. The number of hydrogen-bond donors (Lipinski definition) is 0. The van der Waals surface area contributed by atoms with Crippen molar-refractivity contribution in [2.45, 2.75) is 38.8 Å². The summed E-state index contributed by atoms with van der Waals surface area (Å²) in [5, 5.41) is 0. The first-order valence-corrected chi connectivity index (χ1v) is 11.5. The van der Waals surface area contributed by atoms with Crippen LogP contribution in [0.3, 0.4) is 0 Å². The molecule has 5 rings (SSSR count). The van der Waals surface area contributed by atoms with Crippen LogP contribution in [-0.4, -0.2) is 39.5 Å². The highest BCUT2D eigenvalue weighted by Gasteiger charge is 2.26. The molecule has 3 aromatic heterocycles. The Balaban J connectivity index is 1.49. The van der Waals surface area contributed by atoms with Crippen LogP contribution in [0.4, 0.5) is 5.82 Å². The van der Waals surface area contributed by atoms with Gasteiger partial charge in [0.2, 0.25) is 0 Å². The van der Waals surface area contributed by atoms with E-state index in [2.05, 4.69) is 20.9 Å². The number of aromatic nitrogens is 3. The van der Waals surface area contributed by atoms with Gasteiger partial charge in [0.1, 0.15) is 11.5 Å². The Morgan fingerprint density at radius 2 is 1.90 bits per heavy atom. The van der Waals surface area contributed by atoms with Crippen molar-refractivity contribution in [2.24, 2.45) is 0 Å². The first kappa shape index (κ1) is 19.0. The highest BCUT2D eigenvalue weighted by molar-refractivity contribution is 7.16. The number of rotatable bonds is 4. The standard InChI is InChI=1S/C22H24ClN5S/c23-20-8-7-16(29-20)14-27-13-9-18-17(15-27)22(28-11-4-1-5-12-28)26-21(25-18)19-6-2-3-10-24-19/h2-3,6-8,10H,1,4-5,9,11-15H2. The Morgan fingerprint density at radius 1 is 1.00 bits per heavy atom. The summed E-state index contributed by atoms with van der Waals surface area (Å²) in [4.78, 5) is 20.7. The molecular weight excluding hydrogens is 402 g/mol. The largest absolute Gasteiger partial charge is 0.356 e. The van der Waals surface area contributed by atoms with Crippen molar-refractivity contribution in [2.75, 3.05) is 24.5 Å². The van der Waals surface area contributed by atoms with Crippen molar-refractivity contribution in [1.82, 2.24) is 19.9 Å². The molecule has 0 aliphatic carbocycles. The SMILES string of the molecule is Clc1ccc(CN2CCc3nc(-c4ccccn4)nc(N4CCCCC4)c3C2)s1. The summed E-state index contributed by atoms with van der Waals surface area (Å²) < 4.78 is 0.856. The molecule has 0 N–H and O–H groups in total. The lowest BCUT2D eigenvalue weighted by molar-refractivity contribution is 0.245. The Labute approximate surface area is 180 Å². The molecule has 1 saturated heterocycles. The van der Waals surface area contributed by atoms with Crippen LogP contribution in [0, 0.1) is 0 Å². The van der Waals surface area contributed by atoms with E-state index in [-0.39, 0.29) is 0 Å². The van der Waals surface area contributed by atoms with Crippen LogP contribution in [-0.2, 0) is 19.5 Å². The molecule has 7 heteroatoms. The summed E-state index contributed by atoms with van der Waals surface area (Å²) in [5.74, 6) is 1.87. The molecule has 0 saturated carbocycles. The van der Waals surface area contributed by atoms with Crippen molar-refractivity contribution in [3.05, 3.63) is 57.0 Å². The monoisotopic (exact) mass is 425 g/mol. The fraction of sp³-hybridized carbons (Fsp3) is 0.409. The predicted molar refractivity (Wildman–Crippen MR) is 118 cm³/mol. The highest BCUT2D eigenvalue weighted by atomic mass is 35.5. The van der Waals surface area contributed by atoms with Gasteiger partial charge in [-0.15, -0.1) is 11.3 Å². The average Bonchev–Trinajstić information content (AvgIpc) is 3.18. The van der Waals surface area contributed by atoms with E-state index >= 15 is 0 Å². The third-order valence-corrected chi connectivity index (χ3v) is 6.89. The van der Waals surface area contributed by atoms with Crippen LogP contribution in [0.25, 0.3) is 11.5 Å². The minimum Gasteiger partial charge on any atom is -0.356 e. The van der Waals surface area contributed by atoms with Crippen LogP contribution in [0.1, 0.15) is 35.4 Å². The van der Waals surface area contributed by atoms with Gasteiger partial charge in [-0.2, -0.15) is 0 Å². The fourth-order valence-electron chi connectivity index (χ4n) is 4.22. The second kappa shape index (κ2) is 8.38. The summed E-state index contributed by atoms with van der Waals surface area (Å²) in [7, 11) is 0. The van der Waals surface area contributed by atoms with Crippen LogP contribution in [0.15, 0.2) is 36.5 Å². The maximum absolute atomic E-state index is 6.13. The molecule has 2 aliphatic rings. The minimum absolute atomic E-state index is 0.753. The van der Waals surface area contributed by atoms with Gasteiger partial charge in [-0.1, -0.05) is 17.7 Å². The van der Waals surface area contributed by atoms with E-state index in [0.29, 0.717) is 0 Å². The van der Waals surface area contributed by atoms with Gasteiger partial charge in [-0.25, -0.2) is 9.97 Å². The first-order valence-electron chi connectivity index (χ1n) is 10.3. The summed E-state index contributed by atoms with van der Waals surface area (Å²) in [5.41, 5.74) is 3.33. The van der Waals surface area contributed by atoms with Gasteiger partial charge in [0, 0.05) is 55.8 Å². The highest BCUT2D eigenvalue weighted by Crippen LogP contribution is 2.32. The van der Waals surface area contributed by atoms with Crippen LogP contribution < -0.4 is 4.90 Å². The maximum Gasteiger partial charge on any atom is 0.180 e. The number of fused-ring (bicyclic) bond motifs is 1. The molecule has 1 fully saturated rings. The Bertz CT molecular complexity index is 984. The van der Waals surface area contributed by atoms with Gasteiger partial charge in [0.15, 0.2) is 5.82 Å². The molecule has 0 unspecified atom stereocenters. The molecule has 3 aromatic rings. The predicted octanol–water partition coefficient (Wildman–Crippen LogP) is 4.80. The lowest BCUT2D eigenvalue weighted by Gasteiger charge is -2.34. The topological polar surface area (TPSA) is 45.2 Å². The third-order valence-electron chi connectivity index (χ3n) is 5.68. The molecule has 0 bridgehead atoms. The normalized spacial score (nSPS) is 17.3. The van der Waals surface area contributed by atoms with Gasteiger partial charge in [0.25, 0.3) is 0 Å². The number of anilines is 1. The zero-order valence-corrected chi connectivity index (χ0v) is 17.9. The van der Waals surface area contributed by atoms with Gasteiger partial charge in [0.05, 0.1) is 10.0 Å². The van der Waals surface area contributed by atoms with Crippen LogP contribution in [0.2, 0.25) is 4.34 Å². The van der Waals surface area contributed by atoms with Gasteiger partial charge >= 0.3 is 0 Å². The molecule has 0 atom stereocenters. The number of piperidine rings is 1. The Morgan fingerprint density at radius 3 is 2.66 bits per heavy atom. The molecule has 5 nitrogen and oxygen atoms in total. The summed E-state index contributed by atoms with van der Waals surface area (Å²) >= 11 is 7.80. The van der Waals surface area contributed by atoms with E-state index in [1.165, 1.54) is 35.4 Å².